The number of nitrogens with zero attached hydrogens (tertiary/aromatic N) is 3. The Morgan fingerprint density at radius 1 is 1.29 bits per heavy atom. The van der Waals surface area contributed by atoms with Gasteiger partial charge in [0.05, 0.1) is 24.7 Å². The number of aromatic nitrogens is 2. The molecule has 2 aromatic heterocycles. The highest BCUT2D eigenvalue weighted by atomic mass is 32.1. The minimum absolute atomic E-state index is 0.00825. The lowest BCUT2D eigenvalue weighted by Crippen LogP contribution is -2.43. The molecule has 8 heteroatoms. The van der Waals surface area contributed by atoms with E-state index in [0.717, 1.165) is 29.7 Å². The summed E-state index contributed by atoms with van der Waals surface area (Å²) in [5, 5.41) is 0.701. The van der Waals surface area contributed by atoms with Crippen LogP contribution in [0.1, 0.15) is 36.6 Å². The highest BCUT2D eigenvalue weighted by molar-refractivity contribution is 7.18. The number of hydrogen-bond acceptors (Lipinski definition) is 6. The summed E-state index contributed by atoms with van der Waals surface area (Å²) in [6, 6.07) is 0. The van der Waals surface area contributed by atoms with Gasteiger partial charge in [0, 0.05) is 18.0 Å². The molecule has 2 aromatic rings. The third-order valence-corrected chi connectivity index (χ3v) is 7.13. The van der Waals surface area contributed by atoms with E-state index < -0.39 is 0 Å². The number of piperidine rings is 1. The van der Waals surface area contributed by atoms with Gasteiger partial charge in [-0.25, -0.2) is 4.98 Å². The summed E-state index contributed by atoms with van der Waals surface area (Å²) in [4.78, 5) is 45.6. The monoisotopic (exact) mass is 403 g/mol. The van der Waals surface area contributed by atoms with Crippen LogP contribution in [-0.2, 0) is 33.7 Å². The lowest BCUT2D eigenvalue weighted by Gasteiger charge is -2.30. The number of carbonyl (C=O) groups excluding carboxylic acids is 2. The van der Waals surface area contributed by atoms with E-state index in [9.17, 15) is 14.4 Å². The van der Waals surface area contributed by atoms with Crippen molar-refractivity contribution in [2.45, 2.75) is 45.6 Å². The molecule has 0 bridgehead atoms. The number of ether oxygens (including phenoxy) is 1. The molecule has 0 unspecified atom stereocenters. The van der Waals surface area contributed by atoms with Crippen molar-refractivity contribution in [2.24, 2.45) is 11.8 Å². The Labute approximate surface area is 167 Å². The maximum atomic E-state index is 13.0. The Bertz CT molecular complexity index is 972. The summed E-state index contributed by atoms with van der Waals surface area (Å²) >= 11 is 1.61. The van der Waals surface area contributed by atoms with Crippen LogP contribution in [0.3, 0.4) is 0 Å². The standard InChI is InChI=1S/C20H25N3O4S/c1-12-3-4-14-15(9-12)28-18-17(14)19(25)23(11-21-18)10-16(24)22-7-5-13(6-8-22)20(26)27-2/h11-13H,3-10H2,1-2H3/t12-/m1/s1. The van der Waals surface area contributed by atoms with Gasteiger partial charge >= 0.3 is 5.97 Å². The van der Waals surface area contributed by atoms with Crippen LogP contribution in [0.15, 0.2) is 11.1 Å². The number of hydrogen-bond donors (Lipinski definition) is 0. The van der Waals surface area contributed by atoms with Crippen molar-refractivity contribution in [3.05, 3.63) is 27.1 Å². The van der Waals surface area contributed by atoms with Gasteiger partial charge in [-0.2, -0.15) is 0 Å². The zero-order chi connectivity index (χ0) is 19.8. The molecule has 7 nitrogen and oxygen atoms in total. The molecule has 0 N–H and O–H groups in total. The van der Waals surface area contributed by atoms with Gasteiger partial charge < -0.3 is 9.64 Å². The van der Waals surface area contributed by atoms with Crippen LogP contribution in [-0.4, -0.2) is 46.5 Å². The number of fused-ring (bicyclic) bond motifs is 3. The molecule has 0 radical (unpaired) electrons. The Morgan fingerprint density at radius 2 is 2.04 bits per heavy atom. The molecule has 4 rings (SSSR count). The van der Waals surface area contributed by atoms with Crippen LogP contribution < -0.4 is 5.56 Å². The summed E-state index contributed by atoms with van der Waals surface area (Å²) in [7, 11) is 1.39. The quantitative estimate of drug-likeness (QED) is 0.732. The largest absolute Gasteiger partial charge is 0.469 e. The SMILES string of the molecule is COC(=O)C1CCN(C(=O)Cn2cnc3sc4c(c3c2=O)CC[C@@H](C)C4)CC1. The first-order valence-corrected chi connectivity index (χ1v) is 10.6. The van der Waals surface area contributed by atoms with Crippen LogP contribution >= 0.6 is 11.3 Å². The van der Waals surface area contributed by atoms with E-state index in [1.54, 1.807) is 16.2 Å². The molecule has 0 aromatic carbocycles. The van der Waals surface area contributed by atoms with Crippen LogP contribution in [0.5, 0.6) is 0 Å². The Balaban J connectivity index is 1.51. The van der Waals surface area contributed by atoms with Crippen molar-refractivity contribution in [1.82, 2.24) is 14.5 Å². The minimum Gasteiger partial charge on any atom is -0.469 e. The molecule has 1 saturated heterocycles. The fourth-order valence-electron chi connectivity index (χ4n) is 4.26. The van der Waals surface area contributed by atoms with Crippen LogP contribution in [0.25, 0.3) is 10.2 Å². The fraction of sp³-hybridized carbons (Fsp3) is 0.600. The molecule has 1 aliphatic carbocycles. The molecule has 0 saturated carbocycles. The third kappa shape index (κ3) is 3.45. The normalized spacial score (nSPS) is 20.2. The summed E-state index contributed by atoms with van der Waals surface area (Å²) in [5.41, 5.74) is 1.02. The number of thiophene rings is 1. The van der Waals surface area contributed by atoms with Crippen molar-refractivity contribution in [3.63, 3.8) is 0 Å². The van der Waals surface area contributed by atoms with Crippen LogP contribution in [0.4, 0.5) is 0 Å². The second-order valence-corrected chi connectivity index (χ2v) is 8.97. The first kappa shape index (κ1) is 19.1. The number of methoxy groups -OCH3 is 1. The average molecular weight is 404 g/mol. The van der Waals surface area contributed by atoms with Gasteiger partial charge in [-0.15, -0.1) is 11.3 Å². The Hall–Kier alpha value is -2.22. The molecule has 1 amide bonds. The number of amides is 1. The smallest absolute Gasteiger partial charge is 0.308 e. The molecule has 2 aliphatic rings. The third-order valence-electron chi connectivity index (χ3n) is 5.97. The highest BCUT2D eigenvalue weighted by Gasteiger charge is 2.28. The summed E-state index contributed by atoms with van der Waals surface area (Å²) in [5.74, 6) is 0.172. The molecule has 3 heterocycles. The van der Waals surface area contributed by atoms with Crippen LogP contribution in [0, 0.1) is 11.8 Å². The molecular weight excluding hydrogens is 378 g/mol. The zero-order valence-corrected chi connectivity index (χ0v) is 17.1. The van der Waals surface area contributed by atoms with E-state index in [1.165, 1.54) is 22.9 Å². The molecule has 1 fully saturated rings. The first-order valence-electron chi connectivity index (χ1n) is 9.83. The molecule has 28 heavy (non-hydrogen) atoms. The first-order chi connectivity index (χ1) is 13.5. The van der Waals surface area contributed by atoms with E-state index in [-0.39, 0.29) is 29.9 Å². The van der Waals surface area contributed by atoms with Gasteiger partial charge in [0.2, 0.25) is 5.91 Å². The van der Waals surface area contributed by atoms with E-state index in [4.69, 9.17) is 4.74 Å². The summed E-state index contributed by atoms with van der Waals surface area (Å²) < 4.78 is 6.22. The molecular formula is C20H25N3O4S. The van der Waals surface area contributed by atoms with Crippen molar-refractivity contribution < 1.29 is 14.3 Å². The average Bonchev–Trinajstić information content (AvgIpc) is 3.07. The van der Waals surface area contributed by atoms with Crippen LogP contribution in [0.2, 0.25) is 0 Å². The lowest BCUT2D eigenvalue weighted by molar-refractivity contribution is -0.149. The van der Waals surface area contributed by atoms with Crippen molar-refractivity contribution >= 4 is 33.4 Å². The predicted molar refractivity (Wildman–Crippen MR) is 106 cm³/mol. The van der Waals surface area contributed by atoms with Gasteiger partial charge in [-0.3, -0.25) is 19.0 Å². The van der Waals surface area contributed by atoms with Gasteiger partial charge in [-0.1, -0.05) is 6.92 Å². The fourth-order valence-corrected chi connectivity index (χ4v) is 5.60. The number of likely N-dealkylation sites (tertiary alicyclic amines) is 1. The van der Waals surface area contributed by atoms with E-state index in [1.807, 2.05) is 0 Å². The lowest BCUT2D eigenvalue weighted by atomic mass is 9.89. The van der Waals surface area contributed by atoms with Gasteiger partial charge in [0.25, 0.3) is 5.56 Å². The summed E-state index contributed by atoms with van der Waals surface area (Å²) in [6.45, 7) is 3.25. The zero-order valence-electron chi connectivity index (χ0n) is 16.3. The molecule has 1 aliphatic heterocycles. The number of esters is 1. The van der Waals surface area contributed by atoms with E-state index >= 15 is 0 Å². The van der Waals surface area contributed by atoms with Gasteiger partial charge in [0.15, 0.2) is 0 Å². The second kappa shape index (κ2) is 7.66. The molecule has 150 valence electrons. The maximum Gasteiger partial charge on any atom is 0.308 e. The Morgan fingerprint density at radius 3 is 2.75 bits per heavy atom. The number of aryl methyl sites for hydroxylation is 1. The van der Waals surface area contributed by atoms with E-state index in [2.05, 4.69) is 11.9 Å². The number of carbonyl (C=O) groups is 2. The van der Waals surface area contributed by atoms with Crippen molar-refractivity contribution in [3.8, 4) is 0 Å². The van der Waals surface area contributed by atoms with Crippen molar-refractivity contribution in [2.75, 3.05) is 20.2 Å². The predicted octanol–water partition coefficient (Wildman–Crippen LogP) is 1.99. The summed E-state index contributed by atoms with van der Waals surface area (Å²) in [6.07, 6.45) is 5.69. The van der Waals surface area contributed by atoms with E-state index in [0.29, 0.717) is 37.2 Å². The molecule has 0 spiro atoms. The van der Waals surface area contributed by atoms with Gasteiger partial charge in [0.1, 0.15) is 11.4 Å². The Kier molecular flexibility index (Phi) is 5.23. The minimum atomic E-state index is -0.213. The van der Waals surface area contributed by atoms with Crippen molar-refractivity contribution in [1.29, 1.82) is 0 Å². The highest BCUT2D eigenvalue weighted by Crippen LogP contribution is 2.35. The topological polar surface area (TPSA) is 81.5 Å². The second-order valence-electron chi connectivity index (χ2n) is 7.89. The maximum absolute atomic E-state index is 13.0. The molecule has 1 atom stereocenters. The van der Waals surface area contributed by atoms with Gasteiger partial charge in [-0.05, 0) is 43.6 Å². The number of rotatable bonds is 3.